The van der Waals surface area contributed by atoms with Gasteiger partial charge in [-0.15, -0.1) is 5.10 Å². The van der Waals surface area contributed by atoms with Gasteiger partial charge in [0.1, 0.15) is 6.07 Å². The normalized spacial score (nSPS) is 10.0. The number of esters is 1. The lowest BCUT2D eigenvalue weighted by Gasteiger charge is -2.05. The number of carbonyl (C=O) groups is 1. The van der Waals surface area contributed by atoms with Crippen LogP contribution in [-0.4, -0.2) is 27.3 Å². The maximum atomic E-state index is 11.9. The summed E-state index contributed by atoms with van der Waals surface area (Å²) in [7, 11) is 0. The van der Waals surface area contributed by atoms with Gasteiger partial charge in [0.15, 0.2) is 12.4 Å². The van der Waals surface area contributed by atoms with Crippen LogP contribution in [0.25, 0.3) is 17.1 Å². The van der Waals surface area contributed by atoms with Crippen molar-refractivity contribution < 1.29 is 9.53 Å². The Morgan fingerprint density at radius 1 is 1.09 bits per heavy atom. The minimum atomic E-state index is -0.724. The summed E-state index contributed by atoms with van der Waals surface area (Å²) in [6.07, 6.45) is 0. The summed E-state index contributed by atoms with van der Waals surface area (Å²) in [6, 6.07) is 20.6. The van der Waals surface area contributed by atoms with Crippen molar-refractivity contribution in [1.82, 2.24) is 14.8 Å². The van der Waals surface area contributed by atoms with E-state index in [-0.39, 0.29) is 12.4 Å². The lowest BCUT2D eigenvalue weighted by atomic mass is 10.2. The van der Waals surface area contributed by atoms with Crippen LogP contribution in [0.5, 0.6) is 0 Å². The number of ether oxygens (including phenoxy) is 1. The molecule has 3 rings (SSSR count). The van der Waals surface area contributed by atoms with E-state index in [2.05, 4.69) is 10.1 Å². The number of para-hydroxylation sites is 1. The van der Waals surface area contributed by atoms with Crippen molar-refractivity contribution in [3.63, 3.8) is 0 Å². The molecule has 2 aromatic carbocycles. The Kier molecular flexibility index (Phi) is 4.11. The number of aromatic nitrogens is 3. The third-order valence-electron chi connectivity index (χ3n) is 3.09. The Bertz CT molecular complexity index is 794. The molecule has 0 aliphatic rings. The van der Waals surface area contributed by atoms with E-state index in [4.69, 9.17) is 10.00 Å². The minimum absolute atomic E-state index is 0.0806. The van der Waals surface area contributed by atoms with Crippen molar-refractivity contribution in [3.05, 3.63) is 66.5 Å². The summed E-state index contributed by atoms with van der Waals surface area (Å²) < 4.78 is 6.36. The van der Waals surface area contributed by atoms with Crippen molar-refractivity contribution in [2.75, 3.05) is 6.61 Å². The van der Waals surface area contributed by atoms with Crippen LogP contribution in [0.1, 0.15) is 10.6 Å². The molecule has 0 atom stereocenters. The average Bonchev–Trinajstić information content (AvgIpc) is 3.06. The standard InChI is InChI=1S/C17H12N4O2/c18-11-12-23-17(22)15-19-16(13-7-3-1-4-8-13)21(20-15)14-9-5-2-6-10-14/h1-10H,12H2. The number of nitriles is 1. The van der Waals surface area contributed by atoms with Crippen LogP contribution in [0.4, 0.5) is 0 Å². The summed E-state index contributed by atoms with van der Waals surface area (Å²) in [4.78, 5) is 16.2. The Balaban J connectivity index is 2.08. The molecule has 1 aromatic heterocycles. The largest absolute Gasteiger partial charge is 0.444 e. The van der Waals surface area contributed by atoms with Crippen LogP contribution in [0, 0.1) is 11.3 Å². The summed E-state index contributed by atoms with van der Waals surface area (Å²) >= 11 is 0. The molecule has 112 valence electrons. The molecule has 6 nitrogen and oxygen atoms in total. The molecule has 0 saturated carbocycles. The number of hydrogen-bond acceptors (Lipinski definition) is 5. The van der Waals surface area contributed by atoms with Gasteiger partial charge in [-0.25, -0.2) is 14.5 Å². The van der Waals surface area contributed by atoms with Crippen molar-refractivity contribution in [3.8, 4) is 23.1 Å². The first-order valence-electron chi connectivity index (χ1n) is 6.91. The second-order valence-electron chi connectivity index (χ2n) is 4.61. The first-order valence-corrected chi connectivity index (χ1v) is 6.91. The number of benzene rings is 2. The van der Waals surface area contributed by atoms with E-state index < -0.39 is 5.97 Å². The van der Waals surface area contributed by atoms with Gasteiger partial charge in [-0.3, -0.25) is 0 Å². The van der Waals surface area contributed by atoms with Crippen LogP contribution in [0.15, 0.2) is 60.7 Å². The van der Waals surface area contributed by atoms with Crippen LogP contribution in [0.2, 0.25) is 0 Å². The smallest absolute Gasteiger partial charge is 0.379 e. The zero-order valence-corrected chi connectivity index (χ0v) is 12.1. The second-order valence-corrected chi connectivity index (χ2v) is 4.61. The molecule has 0 fully saturated rings. The molecule has 0 aliphatic carbocycles. The van der Waals surface area contributed by atoms with Crippen molar-refractivity contribution in [1.29, 1.82) is 5.26 Å². The van der Waals surface area contributed by atoms with E-state index in [1.54, 1.807) is 10.8 Å². The molecule has 0 aliphatic heterocycles. The highest BCUT2D eigenvalue weighted by molar-refractivity contribution is 5.86. The van der Waals surface area contributed by atoms with Crippen LogP contribution < -0.4 is 0 Å². The molecular formula is C17H12N4O2. The molecule has 23 heavy (non-hydrogen) atoms. The highest BCUT2D eigenvalue weighted by Crippen LogP contribution is 2.21. The zero-order chi connectivity index (χ0) is 16.1. The average molecular weight is 304 g/mol. The van der Waals surface area contributed by atoms with E-state index in [0.717, 1.165) is 11.3 Å². The number of carbonyl (C=O) groups excluding carboxylic acids is 1. The van der Waals surface area contributed by atoms with Gasteiger partial charge in [-0.1, -0.05) is 48.5 Å². The van der Waals surface area contributed by atoms with Gasteiger partial charge in [-0.2, -0.15) is 5.26 Å². The van der Waals surface area contributed by atoms with Crippen molar-refractivity contribution >= 4 is 5.97 Å². The highest BCUT2D eigenvalue weighted by atomic mass is 16.5. The van der Waals surface area contributed by atoms with Crippen molar-refractivity contribution in [2.45, 2.75) is 0 Å². The summed E-state index contributed by atoms with van der Waals surface area (Å²) in [5.74, 6) is -0.276. The van der Waals surface area contributed by atoms with Gasteiger partial charge < -0.3 is 4.74 Å². The molecule has 0 saturated heterocycles. The predicted molar refractivity (Wildman–Crippen MR) is 82.7 cm³/mol. The van der Waals surface area contributed by atoms with Crippen LogP contribution in [0.3, 0.4) is 0 Å². The fraction of sp³-hybridized carbons (Fsp3) is 0.0588. The third kappa shape index (κ3) is 3.09. The quantitative estimate of drug-likeness (QED) is 0.692. The Hall–Kier alpha value is -3.46. The number of rotatable bonds is 4. The maximum absolute atomic E-state index is 11.9. The van der Waals surface area contributed by atoms with E-state index in [1.807, 2.05) is 60.7 Å². The number of nitrogens with zero attached hydrogens (tertiary/aromatic N) is 4. The lowest BCUT2D eigenvalue weighted by Crippen LogP contribution is -2.08. The zero-order valence-electron chi connectivity index (χ0n) is 12.1. The second kappa shape index (κ2) is 6.54. The fourth-order valence-electron chi connectivity index (χ4n) is 2.08. The third-order valence-corrected chi connectivity index (χ3v) is 3.09. The molecule has 0 spiro atoms. The molecule has 1 heterocycles. The minimum Gasteiger partial charge on any atom is -0.444 e. The van der Waals surface area contributed by atoms with E-state index in [1.165, 1.54) is 0 Å². The van der Waals surface area contributed by atoms with Gasteiger partial charge in [0.25, 0.3) is 5.82 Å². The van der Waals surface area contributed by atoms with Gasteiger partial charge >= 0.3 is 5.97 Å². The molecule has 6 heteroatoms. The molecule has 3 aromatic rings. The van der Waals surface area contributed by atoms with Gasteiger partial charge in [0, 0.05) is 5.56 Å². The number of hydrogen-bond donors (Lipinski definition) is 0. The van der Waals surface area contributed by atoms with Crippen molar-refractivity contribution in [2.24, 2.45) is 0 Å². The fourth-order valence-corrected chi connectivity index (χ4v) is 2.08. The van der Waals surface area contributed by atoms with E-state index >= 15 is 0 Å². The highest BCUT2D eigenvalue weighted by Gasteiger charge is 2.19. The van der Waals surface area contributed by atoms with Crippen LogP contribution >= 0.6 is 0 Å². The molecule has 0 unspecified atom stereocenters. The summed E-state index contributed by atoms with van der Waals surface area (Å²) in [5, 5.41) is 12.7. The Morgan fingerprint density at radius 2 is 1.74 bits per heavy atom. The van der Waals surface area contributed by atoms with Gasteiger partial charge in [0.05, 0.1) is 5.69 Å². The van der Waals surface area contributed by atoms with E-state index in [0.29, 0.717) is 5.82 Å². The SMILES string of the molecule is N#CCOC(=O)c1nc(-c2ccccc2)n(-c2ccccc2)n1. The predicted octanol–water partition coefficient (Wildman–Crippen LogP) is 2.61. The van der Waals surface area contributed by atoms with E-state index in [9.17, 15) is 4.79 Å². The van der Waals surface area contributed by atoms with Gasteiger partial charge in [-0.05, 0) is 12.1 Å². The summed E-state index contributed by atoms with van der Waals surface area (Å²) in [5.41, 5.74) is 1.60. The monoisotopic (exact) mass is 304 g/mol. The Morgan fingerprint density at radius 3 is 2.39 bits per heavy atom. The molecule has 0 radical (unpaired) electrons. The maximum Gasteiger partial charge on any atom is 0.379 e. The molecule has 0 N–H and O–H groups in total. The van der Waals surface area contributed by atoms with Gasteiger partial charge in [0.2, 0.25) is 0 Å². The lowest BCUT2D eigenvalue weighted by molar-refractivity contribution is 0.0541. The molecular weight excluding hydrogens is 292 g/mol. The Labute approximate surface area is 132 Å². The molecule has 0 amide bonds. The first-order chi connectivity index (χ1) is 11.3. The topological polar surface area (TPSA) is 80.8 Å². The van der Waals surface area contributed by atoms with Crippen LogP contribution in [-0.2, 0) is 4.74 Å². The summed E-state index contributed by atoms with van der Waals surface area (Å²) in [6.45, 7) is -0.334. The first kappa shape index (κ1) is 14.5. The molecule has 0 bridgehead atoms.